The average molecular weight is 325 g/mol. The zero-order valence-electron chi connectivity index (χ0n) is 13.1. The maximum Gasteiger partial charge on any atom is 0.317 e. The quantitative estimate of drug-likeness (QED) is 0.865. The number of carboxylic acid groups (broad SMARTS) is 1. The molecule has 0 bridgehead atoms. The number of benzene rings is 1. The van der Waals surface area contributed by atoms with Gasteiger partial charge in [0, 0.05) is 13.1 Å². The second kappa shape index (κ2) is 10.0. The molecule has 1 N–H and O–H groups in total. The molecule has 0 amide bonds. The molecule has 23 heavy (non-hydrogen) atoms. The van der Waals surface area contributed by atoms with Crippen LogP contribution in [-0.2, 0) is 14.3 Å². The minimum Gasteiger partial charge on any atom is -0.487 e. The van der Waals surface area contributed by atoms with Crippen molar-refractivity contribution in [1.29, 1.82) is 0 Å². The molecule has 0 atom stereocenters. The molecule has 2 rings (SSSR count). The molecule has 1 aliphatic rings. The Balaban J connectivity index is 1.87. The summed E-state index contributed by atoms with van der Waals surface area (Å²) in [5, 5.41) is 8.91. The van der Waals surface area contributed by atoms with Crippen LogP contribution in [0, 0.1) is 0 Å². The summed E-state index contributed by atoms with van der Waals surface area (Å²) in [6.07, 6.45) is 0. The van der Waals surface area contributed by atoms with Gasteiger partial charge in [-0.3, -0.25) is 9.69 Å². The number of nitrogens with zero attached hydrogens (tertiary/aromatic N) is 1. The summed E-state index contributed by atoms with van der Waals surface area (Å²) in [6.45, 7) is 3.67. The number of ether oxygens (including phenoxy) is 4. The fourth-order valence-corrected chi connectivity index (χ4v) is 2.16. The van der Waals surface area contributed by atoms with Crippen LogP contribution < -0.4 is 9.47 Å². The van der Waals surface area contributed by atoms with Gasteiger partial charge in [0.1, 0.15) is 13.2 Å². The van der Waals surface area contributed by atoms with Gasteiger partial charge in [-0.2, -0.15) is 0 Å². The van der Waals surface area contributed by atoms with E-state index in [0.29, 0.717) is 64.2 Å². The van der Waals surface area contributed by atoms with E-state index in [2.05, 4.69) is 0 Å². The van der Waals surface area contributed by atoms with Gasteiger partial charge in [-0.05, 0) is 12.1 Å². The Morgan fingerprint density at radius 1 is 0.913 bits per heavy atom. The van der Waals surface area contributed by atoms with Gasteiger partial charge >= 0.3 is 5.97 Å². The van der Waals surface area contributed by atoms with Crippen molar-refractivity contribution in [3.63, 3.8) is 0 Å². The van der Waals surface area contributed by atoms with Crippen molar-refractivity contribution in [3.8, 4) is 11.5 Å². The Hall–Kier alpha value is -1.83. The number of aliphatic carboxylic acids is 1. The number of hydrogen-bond acceptors (Lipinski definition) is 6. The van der Waals surface area contributed by atoms with E-state index in [-0.39, 0.29) is 6.54 Å². The average Bonchev–Trinajstić information content (AvgIpc) is 2.54. The molecule has 0 saturated heterocycles. The lowest BCUT2D eigenvalue weighted by molar-refractivity contribution is -0.138. The largest absolute Gasteiger partial charge is 0.487 e. The molecule has 0 saturated carbocycles. The van der Waals surface area contributed by atoms with Gasteiger partial charge in [0.25, 0.3) is 0 Å². The highest BCUT2D eigenvalue weighted by Gasteiger charge is 2.10. The van der Waals surface area contributed by atoms with E-state index in [0.717, 1.165) is 0 Å². The molecule has 128 valence electrons. The topological polar surface area (TPSA) is 77.5 Å². The summed E-state index contributed by atoms with van der Waals surface area (Å²) in [6, 6.07) is 7.47. The number of carboxylic acids is 1. The van der Waals surface area contributed by atoms with E-state index in [1.165, 1.54) is 0 Å². The van der Waals surface area contributed by atoms with Crippen LogP contribution in [0.15, 0.2) is 24.3 Å². The van der Waals surface area contributed by atoms with Crippen molar-refractivity contribution in [2.45, 2.75) is 0 Å². The molecule has 7 nitrogen and oxygen atoms in total. The molecule has 7 heteroatoms. The molecule has 0 radical (unpaired) electrons. The number of fused-ring (bicyclic) bond motifs is 1. The third kappa shape index (κ3) is 6.85. The zero-order valence-corrected chi connectivity index (χ0v) is 13.1. The predicted octanol–water partition coefficient (Wildman–Crippen LogP) is 0.878. The van der Waals surface area contributed by atoms with Gasteiger partial charge in [-0.25, -0.2) is 0 Å². The lowest BCUT2D eigenvalue weighted by atomic mass is 10.3. The highest BCUT2D eigenvalue weighted by atomic mass is 16.6. The first kappa shape index (κ1) is 17.5. The van der Waals surface area contributed by atoms with Crippen molar-refractivity contribution < 1.29 is 28.8 Å². The van der Waals surface area contributed by atoms with Crippen molar-refractivity contribution in [2.75, 3.05) is 59.3 Å². The summed E-state index contributed by atoms with van der Waals surface area (Å²) >= 11 is 0. The molecular formula is C16H23NO6. The first-order valence-electron chi connectivity index (χ1n) is 7.70. The fraction of sp³-hybridized carbons (Fsp3) is 0.562. The molecule has 0 fully saturated rings. The minimum atomic E-state index is -0.856. The molecule has 0 aromatic heterocycles. The van der Waals surface area contributed by atoms with Crippen LogP contribution in [0.5, 0.6) is 11.5 Å². The van der Waals surface area contributed by atoms with Crippen LogP contribution in [0.25, 0.3) is 0 Å². The number of hydrogen-bond donors (Lipinski definition) is 1. The van der Waals surface area contributed by atoms with Gasteiger partial charge in [-0.1, -0.05) is 12.1 Å². The van der Waals surface area contributed by atoms with E-state index in [1.807, 2.05) is 24.3 Å². The third-order valence-electron chi connectivity index (χ3n) is 3.28. The molecule has 0 unspecified atom stereocenters. The first-order chi connectivity index (χ1) is 11.3. The molecule has 0 aliphatic carbocycles. The Kier molecular flexibility index (Phi) is 7.65. The highest BCUT2D eigenvalue weighted by Crippen LogP contribution is 2.26. The van der Waals surface area contributed by atoms with Crippen LogP contribution >= 0.6 is 0 Å². The minimum absolute atomic E-state index is 0.0227. The molecule has 1 aromatic rings. The maximum atomic E-state index is 10.9. The first-order valence-corrected chi connectivity index (χ1v) is 7.70. The second-order valence-electron chi connectivity index (χ2n) is 5.04. The van der Waals surface area contributed by atoms with Gasteiger partial charge < -0.3 is 24.1 Å². The van der Waals surface area contributed by atoms with Gasteiger partial charge in [0.05, 0.1) is 33.0 Å². The summed E-state index contributed by atoms with van der Waals surface area (Å²) in [5.74, 6) is 0.502. The molecule has 1 heterocycles. The normalized spacial score (nSPS) is 18.6. The van der Waals surface area contributed by atoms with Crippen LogP contribution in [0.1, 0.15) is 0 Å². The van der Waals surface area contributed by atoms with Crippen LogP contribution in [0.4, 0.5) is 0 Å². The van der Waals surface area contributed by atoms with Gasteiger partial charge in [0.15, 0.2) is 11.5 Å². The van der Waals surface area contributed by atoms with Crippen molar-refractivity contribution in [2.24, 2.45) is 0 Å². The van der Waals surface area contributed by atoms with E-state index in [9.17, 15) is 4.79 Å². The Bertz CT molecular complexity index is 446. The Morgan fingerprint density at radius 2 is 1.43 bits per heavy atom. The number of rotatable bonds is 2. The lowest BCUT2D eigenvalue weighted by Gasteiger charge is -2.19. The van der Waals surface area contributed by atoms with E-state index < -0.39 is 5.97 Å². The maximum absolute atomic E-state index is 10.9. The summed E-state index contributed by atoms with van der Waals surface area (Å²) < 4.78 is 22.3. The monoisotopic (exact) mass is 325 g/mol. The second-order valence-corrected chi connectivity index (χ2v) is 5.04. The number of carbonyl (C=O) groups is 1. The fourth-order valence-electron chi connectivity index (χ4n) is 2.16. The summed E-state index contributed by atoms with van der Waals surface area (Å²) in [4.78, 5) is 12.6. The van der Waals surface area contributed by atoms with Crippen LogP contribution in [0.2, 0.25) is 0 Å². The molecule has 0 spiro atoms. The number of para-hydroxylation sites is 2. The van der Waals surface area contributed by atoms with Gasteiger partial charge in [0.2, 0.25) is 0 Å². The Morgan fingerprint density at radius 3 is 1.91 bits per heavy atom. The predicted molar refractivity (Wildman–Crippen MR) is 83.1 cm³/mol. The lowest BCUT2D eigenvalue weighted by Crippen LogP contribution is -2.35. The Labute approximate surface area is 135 Å². The van der Waals surface area contributed by atoms with Crippen molar-refractivity contribution in [3.05, 3.63) is 24.3 Å². The third-order valence-corrected chi connectivity index (χ3v) is 3.28. The molecule has 1 aromatic carbocycles. The van der Waals surface area contributed by atoms with Crippen molar-refractivity contribution in [1.82, 2.24) is 4.90 Å². The smallest absolute Gasteiger partial charge is 0.317 e. The standard InChI is InChI=1S/C16H23NO6/c18-16(19)13-17-5-7-20-9-11-22-14-3-1-2-4-15(14)23-12-10-21-8-6-17/h1-4H,5-13H2,(H,18,19). The summed E-state index contributed by atoms with van der Waals surface area (Å²) in [7, 11) is 0. The molecular weight excluding hydrogens is 302 g/mol. The van der Waals surface area contributed by atoms with Crippen molar-refractivity contribution >= 4 is 5.97 Å². The molecule has 1 aliphatic heterocycles. The highest BCUT2D eigenvalue weighted by molar-refractivity contribution is 5.69. The van der Waals surface area contributed by atoms with E-state index >= 15 is 0 Å². The van der Waals surface area contributed by atoms with Gasteiger partial charge in [-0.15, -0.1) is 0 Å². The summed E-state index contributed by atoms with van der Waals surface area (Å²) in [5.41, 5.74) is 0. The SMILES string of the molecule is O=C(O)CN1CCOCCOc2ccccc2OCCOCC1. The van der Waals surface area contributed by atoms with E-state index in [1.54, 1.807) is 4.90 Å². The van der Waals surface area contributed by atoms with Crippen LogP contribution in [0.3, 0.4) is 0 Å². The van der Waals surface area contributed by atoms with E-state index in [4.69, 9.17) is 24.1 Å². The zero-order chi connectivity index (χ0) is 16.3. The van der Waals surface area contributed by atoms with Crippen LogP contribution in [-0.4, -0.2) is 75.3 Å².